The molecule has 0 N–H and O–H groups in total. The fourth-order valence-electron chi connectivity index (χ4n) is 0. The van der Waals surface area contributed by atoms with Crippen molar-refractivity contribution < 1.29 is 19.4 Å². The third kappa shape index (κ3) is 885. The minimum atomic E-state index is 1.00. The predicted molar refractivity (Wildman–Crippen MR) is 52.8 cm³/mol. The summed E-state index contributed by atoms with van der Waals surface area (Å²) < 4.78 is 0. The van der Waals surface area contributed by atoms with Gasteiger partial charge in [-0.2, -0.15) is 19.3 Å². The Bertz CT molecular complexity index is 14.3. The van der Waals surface area contributed by atoms with Crippen LogP contribution < -0.4 is 0 Å². The molecule has 0 fully saturated rings. The van der Waals surface area contributed by atoms with Crippen molar-refractivity contribution in [1.82, 2.24) is 0 Å². The first-order valence-corrected chi connectivity index (χ1v) is 5.96. The average molecular weight is 213 g/mol. The van der Waals surface area contributed by atoms with Gasteiger partial charge in [0, 0.05) is 0 Å². The molecule has 0 nitrogen and oxygen atoms in total. The maximum absolute atomic E-state index is 4.64. The van der Waals surface area contributed by atoms with E-state index in [-0.39, 0.29) is 0 Å². The first-order valence-electron chi connectivity index (χ1n) is 3.81. The molecule has 0 rings (SSSR count). The molecule has 0 bridgehead atoms. The van der Waals surface area contributed by atoms with Crippen LogP contribution in [0, 0.1) is 20.8 Å². The zero-order valence-electron chi connectivity index (χ0n) is 8.12. The summed E-state index contributed by atoms with van der Waals surface area (Å²) in [6, 6.07) is 0. The normalized spacial score (nSPS) is 5.55. The van der Waals surface area contributed by atoms with Gasteiger partial charge >= 0.3 is 28.7 Å². The van der Waals surface area contributed by atoms with Gasteiger partial charge in [0.25, 0.3) is 0 Å². The summed E-state index contributed by atoms with van der Waals surface area (Å²) in [6.45, 7) is 16.5. The molecule has 0 unspecified atom stereocenters. The van der Waals surface area contributed by atoms with E-state index in [0.29, 0.717) is 0 Å². The van der Waals surface area contributed by atoms with Crippen molar-refractivity contribution in [3.05, 3.63) is 20.8 Å². The van der Waals surface area contributed by atoms with Gasteiger partial charge in [0.1, 0.15) is 0 Å². The van der Waals surface area contributed by atoms with Crippen LogP contribution in [0.2, 0.25) is 0 Å². The average Bonchev–Trinajstić information content (AvgIpc) is 1.96. The molecule has 0 amide bonds. The molecule has 0 aliphatic carbocycles. The van der Waals surface area contributed by atoms with Crippen LogP contribution in [-0.4, -0.2) is 0 Å². The summed E-state index contributed by atoms with van der Waals surface area (Å²) in [7, 11) is 4.64. The van der Waals surface area contributed by atoms with Gasteiger partial charge in [-0.25, -0.2) is 0 Å². The Labute approximate surface area is 89.4 Å². The first kappa shape index (κ1) is 22.7. The van der Waals surface area contributed by atoms with E-state index in [2.05, 4.69) is 30.1 Å². The number of hydrogen-bond donors (Lipinski definition) is 0. The van der Waals surface area contributed by atoms with Crippen molar-refractivity contribution in [3.63, 3.8) is 0 Å². The SMILES string of the molecule is [CH2-]CC.[CH2-]CC.[CH2-]CC.[Cl][Ti+3]. The minimum absolute atomic E-state index is 1.00. The topological polar surface area (TPSA) is 0 Å². The van der Waals surface area contributed by atoms with Crippen LogP contribution in [-0.2, 0) is 19.4 Å². The van der Waals surface area contributed by atoms with E-state index in [1.54, 1.807) is 0 Å². The Morgan fingerprint density at radius 3 is 0.818 bits per heavy atom. The molecule has 0 saturated carbocycles. The molecule has 0 aliphatic rings. The van der Waals surface area contributed by atoms with Crippen LogP contribution in [0.5, 0.6) is 0 Å². The number of halogens is 1. The molecule has 0 aromatic rings. The number of rotatable bonds is 0. The molecule has 0 atom stereocenters. The molecule has 0 heterocycles. The van der Waals surface area contributed by atoms with E-state index in [9.17, 15) is 0 Å². The van der Waals surface area contributed by atoms with Gasteiger partial charge in [-0.1, -0.05) is 20.8 Å². The van der Waals surface area contributed by atoms with Crippen molar-refractivity contribution in [3.8, 4) is 0 Å². The van der Waals surface area contributed by atoms with Gasteiger partial charge in [-0.05, 0) is 0 Å². The Hall–Kier alpha value is 1.00. The van der Waals surface area contributed by atoms with Crippen LogP contribution in [0.3, 0.4) is 0 Å². The first-order chi connectivity index (χ1) is 5.24. The van der Waals surface area contributed by atoms with Crippen LogP contribution in [0.25, 0.3) is 0 Å². The van der Waals surface area contributed by atoms with Gasteiger partial charge in [-0.15, -0.1) is 0 Å². The van der Waals surface area contributed by atoms with E-state index in [4.69, 9.17) is 0 Å². The molecular weight excluding hydrogens is 191 g/mol. The number of hydrogen-bond acceptors (Lipinski definition) is 0. The summed E-state index contributed by atoms with van der Waals surface area (Å²) in [6.07, 6.45) is 3.00. The second-order valence-corrected chi connectivity index (χ2v) is 1.50. The molecule has 0 saturated heterocycles. The molecule has 2 heteroatoms. The molecule has 0 aromatic heterocycles. The third-order valence-corrected chi connectivity index (χ3v) is 0. The monoisotopic (exact) mass is 212 g/mol. The van der Waals surface area contributed by atoms with Gasteiger partial charge in [0.2, 0.25) is 0 Å². The predicted octanol–water partition coefficient (Wildman–Crippen LogP) is 4.38. The summed E-state index contributed by atoms with van der Waals surface area (Å²) in [5.74, 6) is 0. The zero-order chi connectivity index (χ0) is 10.1. The van der Waals surface area contributed by atoms with Crippen LogP contribution in [0.15, 0.2) is 0 Å². The van der Waals surface area contributed by atoms with Crippen molar-refractivity contribution in [2.75, 3.05) is 0 Å². The molecule has 0 spiro atoms. The molecule has 0 aliphatic heterocycles. The van der Waals surface area contributed by atoms with Crippen molar-refractivity contribution in [2.24, 2.45) is 0 Å². The van der Waals surface area contributed by atoms with Gasteiger partial charge in [0.15, 0.2) is 0 Å². The summed E-state index contributed by atoms with van der Waals surface area (Å²) in [5.41, 5.74) is 0. The van der Waals surface area contributed by atoms with Crippen molar-refractivity contribution in [1.29, 1.82) is 0 Å². The summed E-state index contributed by atoms with van der Waals surface area (Å²) in [4.78, 5) is 0. The molecule has 0 aromatic carbocycles. The van der Waals surface area contributed by atoms with Crippen LogP contribution in [0.1, 0.15) is 40.0 Å². The standard InChI is InChI=1S/3C3H7.ClH.Ti/c3*1-3-2;;/h3*1,3H2,2H3;1H;/q3*-1;;+4/p-1. The van der Waals surface area contributed by atoms with Crippen molar-refractivity contribution in [2.45, 2.75) is 40.0 Å². The van der Waals surface area contributed by atoms with E-state index < -0.39 is 0 Å². The van der Waals surface area contributed by atoms with Crippen LogP contribution in [0.4, 0.5) is 0 Å². The fourth-order valence-corrected chi connectivity index (χ4v) is 0. The third-order valence-electron chi connectivity index (χ3n) is 0. The van der Waals surface area contributed by atoms with E-state index in [0.717, 1.165) is 19.3 Å². The Balaban J connectivity index is -0.0000000301. The van der Waals surface area contributed by atoms with Gasteiger partial charge in [-0.3, -0.25) is 0 Å². The van der Waals surface area contributed by atoms with E-state index >= 15 is 0 Å². The zero-order valence-corrected chi connectivity index (χ0v) is 10.4. The van der Waals surface area contributed by atoms with Gasteiger partial charge in [0.05, 0.1) is 0 Å². The quantitative estimate of drug-likeness (QED) is 0.413. The maximum atomic E-state index is 4.64. The fraction of sp³-hybridized carbons (Fsp3) is 0.667. The Morgan fingerprint density at radius 2 is 0.818 bits per heavy atom. The summed E-state index contributed by atoms with van der Waals surface area (Å²) >= 11 is 1.47. The Kier molecular flexibility index (Phi) is 142. The van der Waals surface area contributed by atoms with Crippen molar-refractivity contribution >= 4 is 9.30 Å². The molecule has 0 radical (unpaired) electrons. The Morgan fingerprint density at radius 1 is 0.818 bits per heavy atom. The van der Waals surface area contributed by atoms with Gasteiger partial charge < -0.3 is 20.8 Å². The molecule has 11 heavy (non-hydrogen) atoms. The van der Waals surface area contributed by atoms with Crippen LogP contribution >= 0.6 is 9.30 Å². The molecule has 68 valence electrons. The summed E-state index contributed by atoms with van der Waals surface area (Å²) in [5, 5.41) is 0. The molecular formula is C9H21ClTi. The van der Waals surface area contributed by atoms with E-state index in [1.807, 2.05) is 20.8 Å². The second-order valence-electron chi connectivity index (χ2n) is 1.50. The second kappa shape index (κ2) is 68.7. The van der Waals surface area contributed by atoms with E-state index in [1.165, 1.54) is 19.4 Å².